The highest BCUT2D eigenvalue weighted by molar-refractivity contribution is 7.09. The fraction of sp³-hybridized carbons (Fsp3) is 0.357. The molecule has 3 aromatic heterocycles. The van der Waals surface area contributed by atoms with Crippen molar-refractivity contribution < 1.29 is 0 Å². The number of pyridine rings is 1. The maximum atomic E-state index is 6.28. The fourth-order valence-electron chi connectivity index (χ4n) is 2.23. The molecule has 0 N–H and O–H groups in total. The van der Waals surface area contributed by atoms with Gasteiger partial charge in [0, 0.05) is 17.3 Å². The predicted molar refractivity (Wildman–Crippen MR) is 82.5 cm³/mol. The predicted octanol–water partition coefficient (Wildman–Crippen LogP) is 3.85. The first-order valence-electron chi connectivity index (χ1n) is 6.43. The number of hydrogen-bond donors (Lipinski definition) is 0. The molecule has 20 heavy (non-hydrogen) atoms. The molecule has 4 nitrogen and oxygen atoms in total. The van der Waals surface area contributed by atoms with Crippen LogP contribution in [0.15, 0.2) is 17.6 Å². The van der Waals surface area contributed by atoms with Gasteiger partial charge in [-0.05, 0) is 32.4 Å². The first-order valence-corrected chi connectivity index (χ1v) is 7.74. The largest absolute Gasteiger partial charge is 0.304 e. The van der Waals surface area contributed by atoms with Crippen LogP contribution in [0.5, 0.6) is 0 Å². The highest BCUT2D eigenvalue weighted by Gasteiger charge is 2.18. The quantitative estimate of drug-likeness (QED) is 0.690. The van der Waals surface area contributed by atoms with Gasteiger partial charge in [-0.3, -0.25) is 0 Å². The van der Waals surface area contributed by atoms with E-state index in [-0.39, 0.29) is 5.38 Å². The molecule has 3 rings (SSSR count). The minimum atomic E-state index is -0.162. The molecule has 0 radical (unpaired) electrons. The molecule has 0 spiro atoms. The van der Waals surface area contributed by atoms with Crippen LogP contribution in [0.25, 0.3) is 11.2 Å². The molecule has 0 aliphatic carbocycles. The third kappa shape index (κ3) is 2.31. The van der Waals surface area contributed by atoms with E-state index in [1.165, 1.54) is 0 Å². The van der Waals surface area contributed by atoms with Gasteiger partial charge in [-0.1, -0.05) is 0 Å². The minimum absolute atomic E-state index is 0.162. The second-order valence-corrected chi connectivity index (χ2v) is 6.45. The van der Waals surface area contributed by atoms with Crippen LogP contribution >= 0.6 is 22.9 Å². The van der Waals surface area contributed by atoms with Crippen LogP contribution in [0.1, 0.15) is 34.4 Å². The van der Waals surface area contributed by atoms with Crippen molar-refractivity contribution in [1.82, 2.24) is 19.5 Å². The van der Waals surface area contributed by atoms with E-state index in [1.807, 2.05) is 33.0 Å². The number of hydrogen-bond acceptors (Lipinski definition) is 4. The van der Waals surface area contributed by atoms with Gasteiger partial charge in [0.05, 0.1) is 11.9 Å². The Morgan fingerprint density at radius 1 is 1.35 bits per heavy atom. The minimum Gasteiger partial charge on any atom is -0.304 e. The Morgan fingerprint density at radius 2 is 2.15 bits per heavy atom. The van der Waals surface area contributed by atoms with Crippen LogP contribution in [0, 0.1) is 13.8 Å². The number of aryl methyl sites for hydroxylation is 2. The van der Waals surface area contributed by atoms with Crippen molar-refractivity contribution in [3.05, 3.63) is 39.7 Å². The summed E-state index contributed by atoms with van der Waals surface area (Å²) in [5.41, 5.74) is 3.95. The van der Waals surface area contributed by atoms with Crippen molar-refractivity contribution >= 4 is 34.1 Å². The first kappa shape index (κ1) is 13.5. The Hall–Kier alpha value is -1.46. The molecule has 0 aromatic carbocycles. The summed E-state index contributed by atoms with van der Waals surface area (Å²) in [7, 11) is 0. The second-order valence-electron chi connectivity index (χ2n) is 4.85. The molecule has 3 heterocycles. The smallest absolute Gasteiger partial charge is 0.160 e. The first-order chi connectivity index (χ1) is 9.56. The van der Waals surface area contributed by atoms with E-state index in [0.717, 1.165) is 33.3 Å². The molecular formula is C14H15ClN4S. The van der Waals surface area contributed by atoms with Crippen molar-refractivity contribution in [2.24, 2.45) is 0 Å². The lowest BCUT2D eigenvalue weighted by Crippen LogP contribution is -2.06. The van der Waals surface area contributed by atoms with Gasteiger partial charge in [0.1, 0.15) is 16.3 Å². The van der Waals surface area contributed by atoms with E-state index < -0.39 is 0 Å². The maximum absolute atomic E-state index is 6.28. The molecule has 0 amide bonds. The number of halogens is 1. The molecule has 3 aromatic rings. The van der Waals surface area contributed by atoms with Gasteiger partial charge in [-0.15, -0.1) is 22.9 Å². The Morgan fingerprint density at radius 3 is 2.80 bits per heavy atom. The Kier molecular flexibility index (Phi) is 3.48. The average molecular weight is 307 g/mol. The molecule has 1 unspecified atom stereocenters. The van der Waals surface area contributed by atoms with Gasteiger partial charge in [-0.25, -0.2) is 15.0 Å². The molecule has 0 fully saturated rings. The van der Waals surface area contributed by atoms with Crippen LogP contribution < -0.4 is 0 Å². The average Bonchev–Trinajstić information content (AvgIpc) is 2.96. The van der Waals surface area contributed by atoms with Crippen LogP contribution in [-0.2, 0) is 6.54 Å². The van der Waals surface area contributed by atoms with Crippen LogP contribution in [0.3, 0.4) is 0 Å². The number of nitrogens with zero attached hydrogens (tertiary/aromatic N) is 4. The van der Waals surface area contributed by atoms with Crippen LogP contribution in [0.4, 0.5) is 0 Å². The molecule has 0 saturated heterocycles. The number of imidazole rings is 1. The fourth-order valence-corrected chi connectivity index (χ4v) is 3.15. The van der Waals surface area contributed by atoms with Crippen molar-refractivity contribution in [2.45, 2.75) is 32.7 Å². The molecule has 1 atom stereocenters. The van der Waals surface area contributed by atoms with E-state index in [2.05, 4.69) is 24.9 Å². The number of rotatable bonds is 3. The molecule has 0 bridgehead atoms. The van der Waals surface area contributed by atoms with E-state index in [4.69, 9.17) is 11.6 Å². The SMILES string of the molecule is Cc1csc(Cn2c(C(C)Cl)nc3c(C)ccnc32)n1. The maximum Gasteiger partial charge on any atom is 0.160 e. The van der Waals surface area contributed by atoms with Crippen molar-refractivity contribution in [1.29, 1.82) is 0 Å². The lowest BCUT2D eigenvalue weighted by Gasteiger charge is -2.07. The highest BCUT2D eigenvalue weighted by atomic mass is 35.5. The van der Waals surface area contributed by atoms with Gasteiger partial charge in [0.25, 0.3) is 0 Å². The zero-order valence-electron chi connectivity index (χ0n) is 11.6. The van der Waals surface area contributed by atoms with Gasteiger partial charge >= 0.3 is 0 Å². The summed E-state index contributed by atoms with van der Waals surface area (Å²) in [5.74, 6) is 0.844. The lowest BCUT2D eigenvalue weighted by atomic mass is 10.3. The summed E-state index contributed by atoms with van der Waals surface area (Å²) in [5, 5.41) is 2.94. The topological polar surface area (TPSA) is 43.6 Å². The van der Waals surface area contributed by atoms with Crippen LogP contribution in [0.2, 0.25) is 0 Å². The normalized spacial score (nSPS) is 13.0. The lowest BCUT2D eigenvalue weighted by molar-refractivity contribution is 0.731. The number of aromatic nitrogens is 4. The monoisotopic (exact) mass is 306 g/mol. The van der Waals surface area contributed by atoms with Gasteiger partial charge in [-0.2, -0.15) is 0 Å². The van der Waals surface area contributed by atoms with Crippen LogP contribution in [-0.4, -0.2) is 19.5 Å². The number of alkyl halides is 1. The second kappa shape index (κ2) is 5.14. The molecule has 104 valence electrons. The van der Waals surface area contributed by atoms with Gasteiger partial charge < -0.3 is 4.57 Å². The third-order valence-electron chi connectivity index (χ3n) is 3.18. The third-order valence-corrected chi connectivity index (χ3v) is 4.33. The van der Waals surface area contributed by atoms with Crippen molar-refractivity contribution in [2.75, 3.05) is 0 Å². The van der Waals surface area contributed by atoms with Gasteiger partial charge in [0.15, 0.2) is 5.65 Å². The number of fused-ring (bicyclic) bond motifs is 1. The summed E-state index contributed by atoms with van der Waals surface area (Å²) in [6, 6.07) is 1.97. The molecule has 0 saturated carbocycles. The standard InChI is InChI=1S/C14H15ClN4S/c1-8-4-5-16-14-12(8)18-13(10(3)15)19(14)6-11-17-9(2)7-20-11/h4-5,7,10H,6H2,1-3H3. The van der Waals surface area contributed by atoms with E-state index in [1.54, 1.807) is 11.3 Å². The zero-order valence-corrected chi connectivity index (χ0v) is 13.2. The van der Waals surface area contributed by atoms with E-state index >= 15 is 0 Å². The summed E-state index contributed by atoms with van der Waals surface area (Å²) in [6.07, 6.45) is 1.81. The summed E-state index contributed by atoms with van der Waals surface area (Å²) < 4.78 is 2.07. The zero-order chi connectivity index (χ0) is 14.3. The summed E-state index contributed by atoms with van der Waals surface area (Å²) in [4.78, 5) is 13.6. The summed E-state index contributed by atoms with van der Waals surface area (Å²) >= 11 is 7.93. The number of thiazole rings is 1. The highest BCUT2D eigenvalue weighted by Crippen LogP contribution is 2.26. The molecule has 0 aliphatic heterocycles. The molecule has 0 aliphatic rings. The summed E-state index contributed by atoms with van der Waals surface area (Å²) in [6.45, 7) is 6.64. The van der Waals surface area contributed by atoms with Gasteiger partial charge in [0.2, 0.25) is 0 Å². The van der Waals surface area contributed by atoms with Crippen molar-refractivity contribution in [3.63, 3.8) is 0 Å². The Balaban J connectivity index is 2.16. The Bertz CT molecular complexity index is 760. The van der Waals surface area contributed by atoms with E-state index in [9.17, 15) is 0 Å². The molecular weight excluding hydrogens is 292 g/mol. The van der Waals surface area contributed by atoms with E-state index in [0.29, 0.717) is 6.54 Å². The van der Waals surface area contributed by atoms with Crippen molar-refractivity contribution in [3.8, 4) is 0 Å². The molecule has 6 heteroatoms. The Labute approximate surface area is 126 Å².